The molecule has 3 aromatic heterocycles. The Labute approximate surface area is 211 Å². The molecule has 3 heterocycles. The molecule has 0 aliphatic heterocycles. The van der Waals surface area contributed by atoms with Gasteiger partial charge in [0, 0.05) is 27.9 Å². The molecule has 2 aromatic carbocycles. The van der Waals surface area contributed by atoms with E-state index in [4.69, 9.17) is 5.73 Å². The summed E-state index contributed by atoms with van der Waals surface area (Å²) in [6, 6.07) is 18.0. The van der Waals surface area contributed by atoms with Gasteiger partial charge >= 0.3 is 0 Å². The van der Waals surface area contributed by atoms with Crippen molar-refractivity contribution in [2.24, 2.45) is 0 Å². The fraction of sp³-hybridized carbons (Fsp3) is 0.111. The number of amides is 1. The fourth-order valence-electron chi connectivity index (χ4n) is 3.86. The molecule has 4 N–H and O–H groups in total. The van der Waals surface area contributed by atoms with E-state index >= 15 is 0 Å². The maximum absolute atomic E-state index is 13.6. The minimum atomic E-state index is -0.329. The predicted octanol–water partition coefficient (Wildman–Crippen LogP) is 5.33. The molecule has 0 fully saturated rings. The van der Waals surface area contributed by atoms with E-state index in [0.717, 1.165) is 37.3 Å². The Balaban J connectivity index is 1.27. The number of carbonyl (C=O) groups is 1. The highest BCUT2D eigenvalue weighted by Gasteiger charge is 2.13. The average molecular weight is 499 g/mol. The molecule has 0 bridgehead atoms. The lowest BCUT2D eigenvalue weighted by atomic mass is 10.1. The van der Waals surface area contributed by atoms with Crippen molar-refractivity contribution >= 4 is 39.8 Å². The molecule has 5 aromatic rings. The molecular formula is C27H23FN6OS. The number of carbonyl (C=O) groups excluding carboxylic acids is 1. The van der Waals surface area contributed by atoms with Gasteiger partial charge in [-0.15, -0.1) is 11.3 Å². The van der Waals surface area contributed by atoms with Gasteiger partial charge in [-0.3, -0.25) is 4.79 Å². The third-order valence-electron chi connectivity index (χ3n) is 5.85. The van der Waals surface area contributed by atoms with Crippen LogP contribution in [-0.2, 0) is 13.1 Å². The van der Waals surface area contributed by atoms with Gasteiger partial charge in [-0.05, 0) is 72.1 Å². The number of hydrogen-bond acceptors (Lipinski definition) is 7. The van der Waals surface area contributed by atoms with Crippen LogP contribution in [0.15, 0.2) is 73.2 Å². The van der Waals surface area contributed by atoms with E-state index in [1.54, 1.807) is 35.7 Å². The third kappa shape index (κ3) is 5.01. The number of nitrogens with two attached hydrogens (primary N) is 1. The summed E-state index contributed by atoms with van der Waals surface area (Å²) in [5, 5.41) is 6.95. The predicted molar refractivity (Wildman–Crippen MR) is 141 cm³/mol. The second-order valence-corrected chi connectivity index (χ2v) is 9.43. The number of nitrogen functional groups attached to an aromatic ring is 1. The summed E-state index contributed by atoms with van der Waals surface area (Å²) in [7, 11) is 0. The van der Waals surface area contributed by atoms with Crippen LogP contribution in [0.3, 0.4) is 0 Å². The van der Waals surface area contributed by atoms with Crippen LogP contribution in [0, 0.1) is 12.7 Å². The number of nitrogens with one attached hydrogen (secondary N) is 2. The van der Waals surface area contributed by atoms with Crippen LogP contribution < -0.4 is 16.4 Å². The van der Waals surface area contributed by atoms with Gasteiger partial charge < -0.3 is 16.4 Å². The number of anilines is 2. The Bertz CT molecular complexity index is 1570. The first kappa shape index (κ1) is 23.4. The number of benzene rings is 2. The Morgan fingerprint density at radius 2 is 1.92 bits per heavy atom. The number of fused-ring (bicyclic) bond motifs is 1. The molecule has 0 aliphatic carbocycles. The number of aromatic nitrogens is 3. The molecule has 0 saturated carbocycles. The molecule has 0 aliphatic rings. The zero-order valence-electron chi connectivity index (χ0n) is 19.5. The van der Waals surface area contributed by atoms with Gasteiger partial charge in [-0.2, -0.15) is 0 Å². The quantitative estimate of drug-likeness (QED) is 0.280. The van der Waals surface area contributed by atoms with E-state index in [1.165, 1.54) is 18.5 Å². The molecule has 7 nitrogen and oxygen atoms in total. The van der Waals surface area contributed by atoms with Crippen molar-refractivity contribution < 1.29 is 9.18 Å². The summed E-state index contributed by atoms with van der Waals surface area (Å²) in [5.74, 6) is 0.326. The molecule has 0 radical (unpaired) electrons. The van der Waals surface area contributed by atoms with E-state index < -0.39 is 0 Å². The molecule has 0 saturated heterocycles. The van der Waals surface area contributed by atoms with Crippen LogP contribution in [0.2, 0.25) is 0 Å². The van der Waals surface area contributed by atoms with E-state index in [1.807, 2.05) is 31.2 Å². The number of aryl methyl sites for hydroxylation is 1. The van der Waals surface area contributed by atoms with Gasteiger partial charge in [0.2, 0.25) is 0 Å². The Hall–Kier alpha value is -4.37. The van der Waals surface area contributed by atoms with Crippen LogP contribution >= 0.6 is 11.3 Å². The third-order valence-corrected chi connectivity index (χ3v) is 6.98. The standard InChI is InChI=1S/C27H23FN6OS/c1-16-4-6-19(28)11-18(16)13-32-27(35)21-3-2-10-30-26(21)31-14-20-7-9-24(36-20)17-5-8-23-22(12-17)25(29)34-15-33-23/h2-12,15H,13-14H2,1H3,(H,30,31)(H,32,35)(H2,29,33,34). The van der Waals surface area contributed by atoms with Crippen molar-refractivity contribution in [2.45, 2.75) is 20.0 Å². The van der Waals surface area contributed by atoms with Crippen LogP contribution in [-0.4, -0.2) is 20.9 Å². The first-order valence-corrected chi connectivity index (χ1v) is 12.1. The van der Waals surface area contributed by atoms with Crippen molar-refractivity contribution in [2.75, 3.05) is 11.1 Å². The molecule has 5 rings (SSSR count). The molecule has 180 valence electrons. The number of nitrogens with zero attached hydrogens (tertiary/aromatic N) is 3. The normalized spacial score (nSPS) is 10.9. The maximum atomic E-state index is 13.6. The van der Waals surface area contributed by atoms with Gasteiger partial charge in [0.15, 0.2) is 0 Å². The molecule has 1 amide bonds. The van der Waals surface area contributed by atoms with Crippen molar-refractivity contribution in [3.8, 4) is 10.4 Å². The summed E-state index contributed by atoms with van der Waals surface area (Å²) in [5.41, 5.74) is 9.92. The minimum absolute atomic E-state index is 0.229. The highest BCUT2D eigenvalue weighted by atomic mass is 32.1. The monoisotopic (exact) mass is 498 g/mol. The van der Waals surface area contributed by atoms with Crippen molar-refractivity contribution in [3.63, 3.8) is 0 Å². The van der Waals surface area contributed by atoms with E-state index in [9.17, 15) is 9.18 Å². The lowest BCUT2D eigenvalue weighted by Crippen LogP contribution is -2.24. The lowest BCUT2D eigenvalue weighted by molar-refractivity contribution is 0.0951. The second-order valence-electron chi connectivity index (χ2n) is 8.26. The number of thiophene rings is 1. The van der Waals surface area contributed by atoms with Crippen LogP contribution in [0.25, 0.3) is 21.3 Å². The molecular weight excluding hydrogens is 475 g/mol. The molecule has 36 heavy (non-hydrogen) atoms. The van der Waals surface area contributed by atoms with Crippen molar-refractivity contribution in [1.82, 2.24) is 20.3 Å². The fourth-order valence-corrected chi connectivity index (χ4v) is 4.80. The van der Waals surface area contributed by atoms with Crippen LogP contribution in [0.4, 0.5) is 16.0 Å². The Kier molecular flexibility index (Phi) is 6.55. The Morgan fingerprint density at radius 3 is 2.81 bits per heavy atom. The van der Waals surface area contributed by atoms with Crippen molar-refractivity contribution in [3.05, 3.63) is 101 Å². The molecule has 0 atom stereocenters. The highest BCUT2D eigenvalue weighted by Crippen LogP contribution is 2.31. The summed E-state index contributed by atoms with van der Waals surface area (Å²) in [6.07, 6.45) is 3.10. The van der Waals surface area contributed by atoms with Gasteiger partial charge in [0.25, 0.3) is 5.91 Å². The van der Waals surface area contributed by atoms with Gasteiger partial charge in [-0.25, -0.2) is 19.3 Å². The lowest BCUT2D eigenvalue weighted by Gasteiger charge is -2.12. The summed E-state index contributed by atoms with van der Waals surface area (Å²) in [4.78, 5) is 27.7. The molecule has 0 unspecified atom stereocenters. The number of hydrogen-bond donors (Lipinski definition) is 3. The zero-order chi connectivity index (χ0) is 25.1. The first-order valence-electron chi connectivity index (χ1n) is 11.3. The summed E-state index contributed by atoms with van der Waals surface area (Å²) in [6.45, 7) is 2.62. The van der Waals surface area contributed by atoms with Crippen LogP contribution in [0.1, 0.15) is 26.4 Å². The topological polar surface area (TPSA) is 106 Å². The summed E-state index contributed by atoms with van der Waals surface area (Å²) >= 11 is 1.64. The largest absolute Gasteiger partial charge is 0.383 e. The average Bonchev–Trinajstić information content (AvgIpc) is 3.37. The number of pyridine rings is 1. The van der Waals surface area contributed by atoms with E-state index in [0.29, 0.717) is 23.7 Å². The minimum Gasteiger partial charge on any atom is -0.383 e. The summed E-state index contributed by atoms with van der Waals surface area (Å²) < 4.78 is 13.6. The maximum Gasteiger partial charge on any atom is 0.255 e. The van der Waals surface area contributed by atoms with Gasteiger partial charge in [-0.1, -0.05) is 12.1 Å². The SMILES string of the molecule is Cc1ccc(F)cc1CNC(=O)c1cccnc1NCc1ccc(-c2ccc3ncnc(N)c3c2)s1. The highest BCUT2D eigenvalue weighted by molar-refractivity contribution is 7.15. The van der Waals surface area contributed by atoms with Gasteiger partial charge in [0.1, 0.15) is 23.8 Å². The smallest absolute Gasteiger partial charge is 0.255 e. The second kappa shape index (κ2) is 10.1. The molecule has 9 heteroatoms. The molecule has 0 spiro atoms. The van der Waals surface area contributed by atoms with Crippen molar-refractivity contribution in [1.29, 1.82) is 0 Å². The number of halogens is 1. The number of rotatable bonds is 7. The van der Waals surface area contributed by atoms with E-state index in [2.05, 4.69) is 31.7 Å². The first-order chi connectivity index (χ1) is 17.5. The Morgan fingerprint density at radius 1 is 1.03 bits per heavy atom. The van der Waals surface area contributed by atoms with E-state index in [-0.39, 0.29) is 18.3 Å². The zero-order valence-corrected chi connectivity index (χ0v) is 20.3. The van der Waals surface area contributed by atoms with Gasteiger partial charge in [0.05, 0.1) is 17.6 Å². The van der Waals surface area contributed by atoms with Crippen LogP contribution in [0.5, 0.6) is 0 Å².